The number of methoxy groups -OCH3 is 2. The molecular weight excluding hydrogens is 390 g/mol. The largest absolute Gasteiger partial charge is 0.497 e. The SMILES string of the molecule is COc1cc(OC)cc(-c2nn(CN3CCN(c4ccccn4)CC3)c(=S)o2)c1. The molecule has 0 unspecified atom stereocenters. The van der Waals surface area contributed by atoms with Crippen LogP contribution in [0.15, 0.2) is 47.0 Å². The van der Waals surface area contributed by atoms with E-state index in [0.29, 0.717) is 28.9 Å². The van der Waals surface area contributed by atoms with Gasteiger partial charge in [0.15, 0.2) is 0 Å². The van der Waals surface area contributed by atoms with E-state index in [1.54, 1.807) is 25.0 Å². The summed E-state index contributed by atoms with van der Waals surface area (Å²) in [7, 11) is 3.22. The smallest absolute Gasteiger partial charge is 0.288 e. The van der Waals surface area contributed by atoms with Gasteiger partial charge in [0.05, 0.1) is 20.9 Å². The van der Waals surface area contributed by atoms with Crippen molar-refractivity contribution in [3.8, 4) is 23.0 Å². The first-order valence-electron chi connectivity index (χ1n) is 9.36. The number of benzene rings is 1. The van der Waals surface area contributed by atoms with Crippen LogP contribution in [0.5, 0.6) is 11.5 Å². The van der Waals surface area contributed by atoms with Crippen LogP contribution >= 0.6 is 12.2 Å². The number of hydrogen-bond acceptors (Lipinski definition) is 8. The van der Waals surface area contributed by atoms with Crippen LogP contribution in [0.25, 0.3) is 11.5 Å². The van der Waals surface area contributed by atoms with Gasteiger partial charge in [-0.3, -0.25) is 4.90 Å². The lowest BCUT2D eigenvalue weighted by Gasteiger charge is -2.34. The molecule has 8 nitrogen and oxygen atoms in total. The first-order valence-corrected chi connectivity index (χ1v) is 9.77. The van der Waals surface area contributed by atoms with Crippen molar-refractivity contribution in [1.82, 2.24) is 19.7 Å². The van der Waals surface area contributed by atoms with Gasteiger partial charge >= 0.3 is 0 Å². The second-order valence-electron chi connectivity index (χ2n) is 6.71. The van der Waals surface area contributed by atoms with Gasteiger partial charge in [0.25, 0.3) is 4.84 Å². The lowest BCUT2D eigenvalue weighted by molar-refractivity contribution is 0.192. The van der Waals surface area contributed by atoms with Crippen molar-refractivity contribution in [2.75, 3.05) is 45.3 Å². The summed E-state index contributed by atoms with van der Waals surface area (Å²) in [5.41, 5.74) is 0.756. The molecule has 0 saturated carbocycles. The molecule has 1 aliphatic rings. The molecule has 152 valence electrons. The van der Waals surface area contributed by atoms with Gasteiger partial charge in [0.1, 0.15) is 17.3 Å². The van der Waals surface area contributed by atoms with Crippen LogP contribution in [0.1, 0.15) is 0 Å². The molecular formula is C20H23N5O3S. The van der Waals surface area contributed by atoms with Gasteiger partial charge in [-0.1, -0.05) is 6.07 Å². The fourth-order valence-corrected chi connectivity index (χ4v) is 3.47. The molecule has 0 aliphatic carbocycles. The van der Waals surface area contributed by atoms with Crippen LogP contribution in [-0.2, 0) is 6.67 Å². The zero-order valence-electron chi connectivity index (χ0n) is 16.4. The summed E-state index contributed by atoms with van der Waals surface area (Å²) in [6, 6.07) is 11.5. The molecule has 1 fully saturated rings. The number of ether oxygens (including phenoxy) is 2. The van der Waals surface area contributed by atoms with Crippen LogP contribution in [0.4, 0.5) is 5.82 Å². The van der Waals surface area contributed by atoms with Gasteiger partial charge < -0.3 is 18.8 Å². The maximum atomic E-state index is 5.74. The fourth-order valence-electron chi connectivity index (χ4n) is 3.29. The zero-order chi connectivity index (χ0) is 20.2. The van der Waals surface area contributed by atoms with E-state index in [-0.39, 0.29) is 0 Å². The lowest BCUT2D eigenvalue weighted by Crippen LogP contribution is -2.47. The lowest BCUT2D eigenvalue weighted by atomic mass is 10.2. The van der Waals surface area contributed by atoms with Crippen molar-refractivity contribution in [3.63, 3.8) is 0 Å². The van der Waals surface area contributed by atoms with E-state index in [0.717, 1.165) is 37.6 Å². The maximum Gasteiger partial charge on any atom is 0.288 e. The molecule has 1 aromatic carbocycles. The van der Waals surface area contributed by atoms with Crippen LogP contribution in [-0.4, -0.2) is 60.1 Å². The fraction of sp³-hybridized carbons (Fsp3) is 0.350. The molecule has 3 heterocycles. The summed E-state index contributed by atoms with van der Waals surface area (Å²) >= 11 is 5.39. The molecule has 0 N–H and O–H groups in total. The number of hydrogen-bond donors (Lipinski definition) is 0. The van der Waals surface area contributed by atoms with Crippen LogP contribution in [0.3, 0.4) is 0 Å². The minimum atomic E-state index is 0.342. The molecule has 0 amide bonds. The van der Waals surface area contributed by atoms with Crippen molar-refractivity contribution in [2.24, 2.45) is 0 Å². The van der Waals surface area contributed by atoms with E-state index in [9.17, 15) is 0 Å². The summed E-state index contributed by atoms with van der Waals surface area (Å²) in [6.07, 6.45) is 1.82. The molecule has 29 heavy (non-hydrogen) atoms. The molecule has 0 radical (unpaired) electrons. The predicted molar refractivity (Wildman–Crippen MR) is 112 cm³/mol. The number of piperazine rings is 1. The highest BCUT2D eigenvalue weighted by Crippen LogP contribution is 2.29. The highest BCUT2D eigenvalue weighted by molar-refractivity contribution is 7.71. The van der Waals surface area contributed by atoms with Gasteiger partial charge in [-0.25, -0.2) is 9.67 Å². The second-order valence-corrected chi connectivity index (χ2v) is 7.06. The molecule has 1 saturated heterocycles. The predicted octanol–water partition coefficient (Wildman–Crippen LogP) is 3.06. The minimum absolute atomic E-state index is 0.342. The third-order valence-corrected chi connectivity index (χ3v) is 5.18. The molecule has 0 spiro atoms. The number of anilines is 1. The van der Waals surface area contributed by atoms with Crippen molar-refractivity contribution in [1.29, 1.82) is 0 Å². The van der Waals surface area contributed by atoms with E-state index in [1.807, 2.05) is 36.5 Å². The molecule has 1 aliphatic heterocycles. The summed E-state index contributed by atoms with van der Waals surface area (Å²) in [5, 5.41) is 4.57. The molecule has 2 aromatic heterocycles. The van der Waals surface area contributed by atoms with Gasteiger partial charge in [0, 0.05) is 44.0 Å². The van der Waals surface area contributed by atoms with E-state index >= 15 is 0 Å². The Bertz CT molecular complexity index is 990. The summed E-state index contributed by atoms with van der Waals surface area (Å²) in [6.45, 7) is 4.19. The van der Waals surface area contributed by atoms with Gasteiger partial charge in [-0.2, -0.15) is 0 Å². The second kappa shape index (κ2) is 8.62. The summed E-state index contributed by atoms with van der Waals surface area (Å²) in [4.78, 5) is 9.35. The first-order chi connectivity index (χ1) is 14.2. The van der Waals surface area contributed by atoms with Crippen molar-refractivity contribution in [3.05, 3.63) is 47.4 Å². The highest BCUT2D eigenvalue weighted by Gasteiger charge is 2.19. The normalized spacial score (nSPS) is 14.8. The average Bonchev–Trinajstić information content (AvgIpc) is 3.14. The Morgan fingerprint density at radius 1 is 1.03 bits per heavy atom. The van der Waals surface area contributed by atoms with Crippen molar-refractivity contribution < 1.29 is 13.9 Å². The minimum Gasteiger partial charge on any atom is -0.497 e. The van der Waals surface area contributed by atoms with E-state index < -0.39 is 0 Å². The molecule has 4 rings (SSSR count). The third kappa shape index (κ3) is 4.41. The van der Waals surface area contributed by atoms with Crippen molar-refractivity contribution >= 4 is 18.0 Å². The molecule has 0 bridgehead atoms. The molecule has 0 atom stereocenters. The maximum absolute atomic E-state index is 5.74. The standard InChI is InChI=1S/C20H23N5O3S/c1-26-16-11-15(12-17(13-16)27-2)19-22-25(20(29)28-19)14-23-7-9-24(10-8-23)18-5-3-4-6-21-18/h3-6,11-13H,7-10,14H2,1-2H3. The van der Waals surface area contributed by atoms with Gasteiger partial charge in [-0.15, -0.1) is 5.10 Å². The van der Waals surface area contributed by atoms with E-state index in [2.05, 4.69) is 19.9 Å². The Hall–Kier alpha value is -2.91. The van der Waals surface area contributed by atoms with Crippen LogP contribution in [0.2, 0.25) is 0 Å². The summed E-state index contributed by atoms with van der Waals surface area (Å²) < 4.78 is 18.1. The van der Waals surface area contributed by atoms with Crippen LogP contribution in [0, 0.1) is 4.84 Å². The summed E-state index contributed by atoms with van der Waals surface area (Å²) in [5.74, 6) is 2.79. The number of nitrogens with zero attached hydrogens (tertiary/aromatic N) is 5. The van der Waals surface area contributed by atoms with Crippen LogP contribution < -0.4 is 14.4 Å². The zero-order valence-corrected chi connectivity index (χ0v) is 17.3. The Morgan fingerprint density at radius 3 is 2.38 bits per heavy atom. The number of rotatable bonds is 6. The Morgan fingerprint density at radius 2 is 1.76 bits per heavy atom. The Kier molecular flexibility index (Phi) is 5.77. The van der Waals surface area contributed by atoms with E-state index in [4.69, 9.17) is 26.1 Å². The first kappa shape index (κ1) is 19.4. The van der Waals surface area contributed by atoms with Gasteiger partial charge in [0.2, 0.25) is 5.89 Å². The van der Waals surface area contributed by atoms with Crippen molar-refractivity contribution in [2.45, 2.75) is 6.67 Å². The van der Waals surface area contributed by atoms with Gasteiger partial charge in [-0.05, 0) is 36.5 Å². The molecule has 9 heteroatoms. The Labute approximate surface area is 174 Å². The quantitative estimate of drug-likeness (QED) is 0.571. The average molecular weight is 414 g/mol. The molecule has 3 aromatic rings. The monoisotopic (exact) mass is 413 g/mol. The number of aromatic nitrogens is 3. The highest BCUT2D eigenvalue weighted by atomic mass is 32.1. The number of pyridine rings is 1. The van der Waals surface area contributed by atoms with E-state index in [1.165, 1.54) is 0 Å². The topological polar surface area (TPSA) is 68.8 Å². The third-order valence-electron chi connectivity index (χ3n) is 4.88. The Balaban J connectivity index is 1.45.